The Balaban J connectivity index is 1.43. The lowest BCUT2D eigenvalue weighted by Crippen LogP contribution is -2.50. The van der Waals surface area contributed by atoms with Crippen molar-refractivity contribution in [3.8, 4) is 0 Å². The zero-order chi connectivity index (χ0) is 23.2. The molecule has 0 unspecified atom stereocenters. The van der Waals surface area contributed by atoms with Crippen LogP contribution in [-0.2, 0) is 4.79 Å². The lowest BCUT2D eigenvalue weighted by Gasteiger charge is -2.24. The Labute approximate surface area is 192 Å². The first-order valence-corrected chi connectivity index (χ1v) is 11.8. The maximum Gasteiger partial charge on any atom is 0.438 e. The maximum atomic E-state index is 13.1. The predicted octanol–water partition coefficient (Wildman–Crippen LogP) is 1.25. The van der Waals surface area contributed by atoms with Crippen molar-refractivity contribution in [3.63, 3.8) is 0 Å². The van der Waals surface area contributed by atoms with Crippen LogP contribution in [0.1, 0.15) is 67.0 Å². The van der Waals surface area contributed by atoms with Gasteiger partial charge in [0.05, 0.1) is 0 Å². The molecule has 5 N–H and O–H groups in total. The average molecular weight is 457 g/mol. The van der Waals surface area contributed by atoms with Crippen molar-refractivity contribution in [3.05, 3.63) is 46.2 Å². The summed E-state index contributed by atoms with van der Waals surface area (Å²) in [6.45, 7) is 2.41. The Morgan fingerprint density at radius 1 is 1.24 bits per heavy atom. The third-order valence-corrected chi connectivity index (χ3v) is 6.55. The number of aromatic nitrogens is 2. The molecule has 0 spiro atoms. The van der Waals surface area contributed by atoms with Gasteiger partial charge in [-0.1, -0.05) is 17.6 Å². The predicted molar refractivity (Wildman–Crippen MR) is 123 cm³/mol. The van der Waals surface area contributed by atoms with Crippen LogP contribution in [0.3, 0.4) is 0 Å². The van der Waals surface area contributed by atoms with Crippen LogP contribution in [0.5, 0.6) is 0 Å². The highest BCUT2D eigenvalue weighted by Gasteiger charge is 2.34. The molecule has 2 aromatic rings. The van der Waals surface area contributed by atoms with E-state index in [1.54, 1.807) is 6.07 Å². The molecule has 2 aliphatic rings. The van der Waals surface area contributed by atoms with Crippen molar-refractivity contribution < 1.29 is 14.1 Å². The van der Waals surface area contributed by atoms with Gasteiger partial charge in [-0.05, 0) is 63.3 Å². The number of amides is 2. The second-order valence-corrected chi connectivity index (χ2v) is 8.83. The van der Waals surface area contributed by atoms with Gasteiger partial charge >= 0.3 is 5.76 Å². The molecule has 0 bridgehead atoms. The van der Waals surface area contributed by atoms with Crippen LogP contribution in [-0.4, -0.2) is 53.7 Å². The number of rotatable bonds is 9. The summed E-state index contributed by atoms with van der Waals surface area (Å²) in [5, 5.41) is 9.75. The minimum Gasteiger partial charge on any atom is -0.372 e. The molecular formula is C23H32N6O4. The second-order valence-electron chi connectivity index (χ2n) is 8.83. The van der Waals surface area contributed by atoms with E-state index in [0.29, 0.717) is 30.8 Å². The summed E-state index contributed by atoms with van der Waals surface area (Å²) in [7, 11) is 0. The van der Waals surface area contributed by atoms with E-state index in [0.717, 1.165) is 50.9 Å². The smallest absolute Gasteiger partial charge is 0.372 e. The highest BCUT2D eigenvalue weighted by Crippen LogP contribution is 2.32. The molecule has 1 aromatic carbocycles. The molecule has 2 amide bonds. The van der Waals surface area contributed by atoms with Crippen molar-refractivity contribution in [1.29, 1.82) is 0 Å². The van der Waals surface area contributed by atoms with Crippen molar-refractivity contribution >= 4 is 17.5 Å². The normalized spacial score (nSPS) is 21.2. The molecule has 1 aliphatic heterocycles. The lowest BCUT2D eigenvalue weighted by molar-refractivity contribution is -0.123. The number of carbonyl (C=O) groups is 2. The molecular weight excluding hydrogens is 424 g/mol. The molecule has 10 nitrogen and oxygen atoms in total. The Morgan fingerprint density at radius 3 is 2.79 bits per heavy atom. The number of nitrogens with one attached hydrogen (secondary N) is 3. The van der Waals surface area contributed by atoms with Crippen LogP contribution in [0.25, 0.3) is 0 Å². The van der Waals surface area contributed by atoms with Gasteiger partial charge in [-0.15, -0.1) is 0 Å². The molecule has 2 fully saturated rings. The van der Waals surface area contributed by atoms with Gasteiger partial charge in [0.25, 0.3) is 5.91 Å². The quantitative estimate of drug-likeness (QED) is 0.444. The summed E-state index contributed by atoms with van der Waals surface area (Å²) in [5.74, 6) is -0.814. The summed E-state index contributed by atoms with van der Waals surface area (Å²) in [4.78, 5) is 42.3. The zero-order valence-corrected chi connectivity index (χ0v) is 18.7. The first-order chi connectivity index (χ1) is 16.0. The fourth-order valence-electron chi connectivity index (χ4n) is 4.80. The van der Waals surface area contributed by atoms with E-state index in [1.165, 1.54) is 0 Å². The third kappa shape index (κ3) is 5.62. The largest absolute Gasteiger partial charge is 0.438 e. The highest BCUT2D eigenvalue weighted by molar-refractivity contribution is 5.98. The van der Waals surface area contributed by atoms with Gasteiger partial charge in [0.2, 0.25) is 5.91 Å². The number of hydrogen-bond donors (Lipinski definition) is 4. The number of nitrogens with two attached hydrogens (primary N) is 1. The summed E-state index contributed by atoms with van der Waals surface area (Å²) < 4.78 is 4.63. The summed E-state index contributed by atoms with van der Waals surface area (Å²) in [5.41, 5.74) is 7.23. The molecule has 178 valence electrons. The molecule has 0 radical (unpaired) electrons. The molecule has 1 aromatic heterocycles. The Hall–Kier alpha value is -3.14. The van der Waals surface area contributed by atoms with Gasteiger partial charge in [0, 0.05) is 36.3 Å². The van der Waals surface area contributed by atoms with Crippen LogP contribution in [0.4, 0.5) is 5.69 Å². The van der Waals surface area contributed by atoms with Crippen molar-refractivity contribution in [2.45, 2.75) is 62.9 Å². The first kappa shape index (κ1) is 23.0. The zero-order valence-electron chi connectivity index (χ0n) is 18.7. The number of H-pyrrole nitrogens is 1. The topological polar surface area (TPSA) is 146 Å². The molecule has 10 heteroatoms. The SMILES string of the molecule is NCCC[C@H](NC(=O)c1cccc(N2CCCC2)c1)C(=O)N[C@H]1CCC[C@H]1c1noc(=O)[nH]1. The molecule has 2 heterocycles. The van der Waals surface area contributed by atoms with E-state index < -0.39 is 11.8 Å². The molecule has 1 saturated heterocycles. The number of nitrogens with zero attached hydrogens (tertiary/aromatic N) is 2. The Morgan fingerprint density at radius 2 is 2.06 bits per heavy atom. The molecule has 3 atom stereocenters. The Bertz CT molecular complexity index is 1010. The number of anilines is 1. The van der Waals surface area contributed by atoms with E-state index in [2.05, 4.69) is 30.2 Å². The fourth-order valence-corrected chi connectivity index (χ4v) is 4.80. The average Bonchev–Trinajstić information content (AvgIpc) is 3.58. The number of benzene rings is 1. The molecule has 1 aliphatic carbocycles. The van der Waals surface area contributed by atoms with Gasteiger partial charge in [-0.25, -0.2) is 4.79 Å². The van der Waals surface area contributed by atoms with Crippen LogP contribution < -0.4 is 27.0 Å². The standard InChI is InChI=1S/C23H32N6O4/c24-11-5-10-19(22(31)25-18-9-4-8-17(18)20-27-23(32)33-28-20)26-21(30)15-6-3-7-16(14-15)29-12-1-2-13-29/h3,6-7,14,17-19H,1-2,4-5,8-13,24H2,(H,25,31)(H,26,30)(H,27,28,32)/t17-,18+,19+/m1/s1. The monoisotopic (exact) mass is 456 g/mol. The highest BCUT2D eigenvalue weighted by atomic mass is 16.5. The number of hydrogen-bond acceptors (Lipinski definition) is 7. The summed E-state index contributed by atoms with van der Waals surface area (Å²) in [6.07, 6.45) is 5.81. The molecule has 33 heavy (non-hydrogen) atoms. The van der Waals surface area contributed by atoms with Gasteiger partial charge in [0.1, 0.15) is 6.04 Å². The van der Waals surface area contributed by atoms with Gasteiger partial charge in [0.15, 0.2) is 5.82 Å². The minimum atomic E-state index is -0.700. The molecule has 1 saturated carbocycles. The van der Waals surface area contributed by atoms with Crippen LogP contribution in [0.2, 0.25) is 0 Å². The Kier molecular flexibility index (Phi) is 7.43. The van der Waals surface area contributed by atoms with Gasteiger partial charge < -0.3 is 21.3 Å². The van der Waals surface area contributed by atoms with E-state index >= 15 is 0 Å². The maximum absolute atomic E-state index is 13.1. The van der Waals surface area contributed by atoms with Gasteiger partial charge in [-0.3, -0.25) is 19.1 Å². The van der Waals surface area contributed by atoms with Crippen LogP contribution in [0.15, 0.2) is 33.6 Å². The first-order valence-electron chi connectivity index (χ1n) is 11.8. The third-order valence-electron chi connectivity index (χ3n) is 6.55. The van der Waals surface area contributed by atoms with Crippen molar-refractivity contribution in [2.24, 2.45) is 5.73 Å². The van der Waals surface area contributed by atoms with E-state index in [-0.39, 0.29) is 23.8 Å². The summed E-state index contributed by atoms with van der Waals surface area (Å²) >= 11 is 0. The van der Waals surface area contributed by atoms with E-state index in [1.807, 2.05) is 18.2 Å². The van der Waals surface area contributed by atoms with E-state index in [4.69, 9.17) is 5.73 Å². The lowest BCUT2D eigenvalue weighted by atomic mass is 10.0. The minimum absolute atomic E-state index is 0.122. The van der Waals surface area contributed by atoms with Crippen molar-refractivity contribution in [1.82, 2.24) is 20.8 Å². The second kappa shape index (κ2) is 10.7. The van der Waals surface area contributed by atoms with Crippen molar-refractivity contribution in [2.75, 3.05) is 24.5 Å². The van der Waals surface area contributed by atoms with Crippen LogP contribution >= 0.6 is 0 Å². The number of carbonyl (C=O) groups excluding carboxylic acids is 2. The number of aromatic amines is 1. The summed E-state index contributed by atoms with van der Waals surface area (Å²) in [6, 6.07) is 6.64. The van der Waals surface area contributed by atoms with Crippen LogP contribution in [0, 0.1) is 0 Å². The fraction of sp³-hybridized carbons (Fsp3) is 0.565. The van der Waals surface area contributed by atoms with E-state index in [9.17, 15) is 14.4 Å². The molecule has 4 rings (SSSR count). The van der Waals surface area contributed by atoms with Gasteiger partial charge in [-0.2, -0.15) is 0 Å².